The molecule has 0 atom stereocenters. The average Bonchev–Trinajstić information content (AvgIpc) is 3.02. The summed E-state index contributed by atoms with van der Waals surface area (Å²) in [5, 5.41) is 0. The summed E-state index contributed by atoms with van der Waals surface area (Å²) in [5.41, 5.74) is 11.7. The van der Waals surface area contributed by atoms with Crippen LogP contribution in [0, 0.1) is 6.92 Å². The Morgan fingerprint density at radius 3 is 2.43 bits per heavy atom. The van der Waals surface area contributed by atoms with Crippen molar-refractivity contribution in [3.63, 3.8) is 0 Å². The van der Waals surface area contributed by atoms with Crippen LogP contribution in [0.1, 0.15) is 62.4 Å². The van der Waals surface area contributed by atoms with Crippen molar-refractivity contribution < 1.29 is 0 Å². The molecule has 0 N–H and O–H groups in total. The molecular formula is C27H33N. The molecule has 0 spiro atoms. The lowest BCUT2D eigenvalue weighted by atomic mass is 9.85. The second kappa shape index (κ2) is 7.47. The molecule has 0 bridgehead atoms. The molecule has 0 fully saturated rings. The van der Waals surface area contributed by atoms with Gasteiger partial charge >= 0.3 is 0 Å². The number of fused-ring (bicyclic) bond motifs is 1. The molecule has 0 radical (unpaired) electrons. The zero-order valence-electron chi connectivity index (χ0n) is 18.5. The molecule has 0 aromatic heterocycles. The maximum Gasteiger partial charge on any atom is 0.0450 e. The van der Waals surface area contributed by atoms with Crippen LogP contribution in [0.25, 0.3) is 11.3 Å². The Morgan fingerprint density at radius 1 is 1.11 bits per heavy atom. The first-order valence-corrected chi connectivity index (χ1v) is 10.1. The van der Waals surface area contributed by atoms with E-state index < -0.39 is 0 Å². The van der Waals surface area contributed by atoms with Gasteiger partial charge in [0, 0.05) is 24.0 Å². The monoisotopic (exact) mass is 371 g/mol. The van der Waals surface area contributed by atoms with Crippen molar-refractivity contribution in [1.82, 2.24) is 0 Å². The Kier molecular flexibility index (Phi) is 5.39. The van der Waals surface area contributed by atoms with E-state index in [2.05, 4.69) is 109 Å². The predicted molar refractivity (Wildman–Crippen MR) is 125 cm³/mol. The number of aryl methyl sites for hydroxylation is 1. The van der Waals surface area contributed by atoms with Gasteiger partial charge in [-0.25, -0.2) is 0 Å². The summed E-state index contributed by atoms with van der Waals surface area (Å²) in [6.45, 7) is 17.7. The minimum Gasteiger partial charge on any atom is -0.344 e. The van der Waals surface area contributed by atoms with E-state index in [1.807, 2.05) is 0 Å². The quantitative estimate of drug-likeness (QED) is 0.545. The van der Waals surface area contributed by atoms with Crippen LogP contribution >= 0.6 is 0 Å². The van der Waals surface area contributed by atoms with E-state index in [1.165, 1.54) is 44.7 Å². The highest BCUT2D eigenvalue weighted by Crippen LogP contribution is 2.38. The SMILES string of the molecule is C=C(c1ccc(C(C)(C)C)cc1C)N(C)c1cccc2c1CC=C2C=C(C)C. The molecule has 1 heteroatoms. The molecule has 1 aliphatic carbocycles. The van der Waals surface area contributed by atoms with E-state index in [0.717, 1.165) is 12.1 Å². The molecule has 1 aliphatic rings. The second-order valence-corrected chi connectivity index (χ2v) is 9.17. The summed E-state index contributed by atoms with van der Waals surface area (Å²) >= 11 is 0. The number of hydrogen-bond donors (Lipinski definition) is 0. The van der Waals surface area contributed by atoms with Crippen molar-refractivity contribution in [2.24, 2.45) is 0 Å². The lowest BCUT2D eigenvalue weighted by Crippen LogP contribution is -2.18. The Balaban J connectivity index is 1.94. The fourth-order valence-electron chi connectivity index (χ4n) is 3.92. The first-order chi connectivity index (χ1) is 13.1. The largest absolute Gasteiger partial charge is 0.344 e. The zero-order valence-corrected chi connectivity index (χ0v) is 18.5. The molecular weight excluding hydrogens is 338 g/mol. The fraction of sp³-hybridized carbons (Fsp3) is 0.333. The maximum atomic E-state index is 4.44. The first-order valence-electron chi connectivity index (χ1n) is 10.1. The highest BCUT2D eigenvalue weighted by Gasteiger charge is 2.21. The number of allylic oxidation sites excluding steroid dienone is 4. The standard InChI is InChI=1S/C27H33N/c1-18(2)16-21-12-14-25-24(21)10-9-11-26(25)28(8)20(4)23-15-13-22(17-19(23)3)27(5,6)7/h9-13,15-17H,4,14H2,1-3,5-8H3. The van der Waals surface area contributed by atoms with Gasteiger partial charge in [0.1, 0.15) is 0 Å². The van der Waals surface area contributed by atoms with Gasteiger partial charge in [0.05, 0.1) is 0 Å². The number of hydrogen-bond acceptors (Lipinski definition) is 1. The van der Waals surface area contributed by atoms with Gasteiger partial charge in [-0.05, 0) is 66.5 Å². The van der Waals surface area contributed by atoms with Gasteiger partial charge in [0.25, 0.3) is 0 Å². The first kappa shape index (κ1) is 20.2. The molecule has 0 unspecified atom stereocenters. The Hall–Kier alpha value is -2.54. The van der Waals surface area contributed by atoms with Crippen LogP contribution in [0.2, 0.25) is 0 Å². The van der Waals surface area contributed by atoms with Crippen molar-refractivity contribution in [2.45, 2.75) is 53.4 Å². The Morgan fingerprint density at radius 2 is 1.82 bits per heavy atom. The van der Waals surface area contributed by atoms with Crippen LogP contribution in [0.5, 0.6) is 0 Å². The van der Waals surface area contributed by atoms with E-state index in [1.54, 1.807) is 0 Å². The molecule has 0 saturated heterocycles. The molecule has 146 valence electrons. The third-order valence-electron chi connectivity index (χ3n) is 5.60. The van der Waals surface area contributed by atoms with E-state index in [4.69, 9.17) is 0 Å². The van der Waals surface area contributed by atoms with Crippen LogP contribution in [0.3, 0.4) is 0 Å². The highest BCUT2D eigenvalue weighted by molar-refractivity contribution is 5.87. The number of anilines is 1. The summed E-state index contributed by atoms with van der Waals surface area (Å²) in [4.78, 5) is 2.25. The van der Waals surface area contributed by atoms with E-state index in [9.17, 15) is 0 Å². The van der Waals surface area contributed by atoms with Crippen molar-refractivity contribution in [2.75, 3.05) is 11.9 Å². The summed E-state index contributed by atoms with van der Waals surface area (Å²) < 4.78 is 0. The normalized spacial score (nSPS) is 13.0. The molecule has 2 aromatic rings. The van der Waals surface area contributed by atoms with Gasteiger partial charge in [-0.2, -0.15) is 0 Å². The number of benzene rings is 2. The third kappa shape index (κ3) is 3.85. The van der Waals surface area contributed by atoms with Crippen molar-refractivity contribution >= 4 is 17.0 Å². The Labute approximate surface area is 171 Å². The molecule has 0 saturated carbocycles. The summed E-state index contributed by atoms with van der Waals surface area (Å²) in [6.07, 6.45) is 5.59. The van der Waals surface area contributed by atoms with Crippen molar-refractivity contribution in [3.8, 4) is 0 Å². The molecule has 3 rings (SSSR count). The topological polar surface area (TPSA) is 3.24 Å². The van der Waals surface area contributed by atoms with Crippen LogP contribution in [0.15, 0.2) is 60.7 Å². The van der Waals surface area contributed by atoms with E-state index in [0.29, 0.717) is 0 Å². The predicted octanol–water partition coefficient (Wildman–Crippen LogP) is 7.31. The smallest absolute Gasteiger partial charge is 0.0450 e. The average molecular weight is 372 g/mol. The van der Waals surface area contributed by atoms with Crippen molar-refractivity contribution in [1.29, 1.82) is 0 Å². The third-order valence-corrected chi connectivity index (χ3v) is 5.60. The second-order valence-electron chi connectivity index (χ2n) is 9.17. The van der Waals surface area contributed by atoms with Gasteiger partial charge in [-0.15, -0.1) is 0 Å². The number of nitrogens with zero attached hydrogens (tertiary/aromatic N) is 1. The minimum atomic E-state index is 0.157. The molecule has 1 nitrogen and oxygen atoms in total. The van der Waals surface area contributed by atoms with Crippen molar-refractivity contribution in [3.05, 3.63) is 88.5 Å². The van der Waals surface area contributed by atoms with Gasteiger partial charge in [-0.3, -0.25) is 0 Å². The van der Waals surface area contributed by atoms with E-state index >= 15 is 0 Å². The van der Waals surface area contributed by atoms with Crippen LogP contribution in [-0.2, 0) is 11.8 Å². The molecule has 0 heterocycles. The molecule has 2 aromatic carbocycles. The Bertz CT molecular complexity index is 976. The summed E-state index contributed by atoms with van der Waals surface area (Å²) in [7, 11) is 2.13. The molecule has 0 aliphatic heterocycles. The molecule has 0 amide bonds. The highest BCUT2D eigenvalue weighted by atomic mass is 15.1. The van der Waals surface area contributed by atoms with Gasteiger partial charge in [0.15, 0.2) is 0 Å². The lowest BCUT2D eigenvalue weighted by molar-refractivity contribution is 0.589. The van der Waals surface area contributed by atoms with Crippen LogP contribution < -0.4 is 4.90 Å². The number of rotatable bonds is 4. The van der Waals surface area contributed by atoms with Gasteiger partial charge in [0.2, 0.25) is 0 Å². The summed E-state index contributed by atoms with van der Waals surface area (Å²) in [6, 6.07) is 13.4. The van der Waals surface area contributed by atoms with E-state index in [-0.39, 0.29) is 5.41 Å². The fourth-order valence-corrected chi connectivity index (χ4v) is 3.92. The van der Waals surface area contributed by atoms with Crippen LogP contribution in [-0.4, -0.2) is 7.05 Å². The zero-order chi connectivity index (χ0) is 20.6. The maximum absolute atomic E-state index is 4.44. The van der Waals surface area contributed by atoms with Crippen LogP contribution in [0.4, 0.5) is 5.69 Å². The minimum absolute atomic E-state index is 0.157. The molecule has 28 heavy (non-hydrogen) atoms. The lowest BCUT2D eigenvalue weighted by Gasteiger charge is -2.27. The van der Waals surface area contributed by atoms with Gasteiger partial charge in [-0.1, -0.05) is 75.4 Å². The summed E-state index contributed by atoms with van der Waals surface area (Å²) in [5.74, 6) is 0. The van der Waals surface area contributed by atoms with Gasteiger partial charge < -0.3 is 4.90 Å².